The molecule has 0 amide bonds. The molecule has 1 fully saturated rings. The van der Waals surface area contributed by atoms with Gasteiger partial charge in [-0.25, -0.2) is 0 Å². The average Bonchev–Trinajstić information content (AvgIpc) is 3.19. The SMILES string of the molecule is COC(C)c1noc(CSc2nnc(C)n2C2CCCCC2)n1. The molecule has 23 heavy (non-hydrogen) atoms. The molecule has 2 aromatic heterocycles. The van der Waals surface area contributed by atoms with Crippen LogP contribution in [-0.4, -0.2) is 32.0 Å². The Kier molecular flexibility index (Phi) is 5.32. The molecular formula is C15H23N5O2S. The second-order valence-electron chi connectivity index (χ2n) is 5.90. The molecule has 0 radical (unpaired) electrons. The number of aromatic nitrogens is 5. The van der Waals surface area contributed by atoms with Gasteiger partial charge in [0, 0.05) is 13.2 Å². The fraction of sp³-hybridized carbons (Fsp3) is 0.733. The number of hydrogen-bond acceptors (Lipinski definition) is 7. The van der Waals surface area contributed by atoms with Crippen LogP contribution in [0.15, 0.2) is 9.68 Å². The van der Waals surface area contributed by atoms with Gasteiger partial charge in [0.05, 0.1) is 5.75 Å². The van der Waals surface area contributed by atoms with Crippen molar-refractivity contribution in [2.24, 2.45) is 0 Å². The summed E-state index contributed by atoms with van der Waals surface area (Å²) in [6.07, 6.45) is 6.17. The van der Waals surface area contributed by atoms with Crippen LogP contribution in [-0.2, 0) is 10.5 Å². The molecule has 1 unspecified atom stereocenters. The van der Waals surface area contributed by atoms with Crippen LogP contribution in [0.5, 0.6) is 0 Å². The third-order valence-electron chi connectivity index (χ3n) is 4.30. The Hall–Kier alpha value is -1.41. The molecule has 1 aliphatic carbocycles. The molecule has 0 bridgehead atoms. The Balaban J connectivity index is 1.67. The van der Waals surface area contributed by atoms with Crippen LogP contribution >= 0.6 is 11.8 Å². The summed E-state index contributed by atoms with van der Waals surface area (Å²) in [5.74, 6) is 2.74. The number of ether oxygens (including phenoxy) is 1. The molecule has 2 aromatic rings. The highest BCUT2D eigenvalue weighted by Gasteiger charge is 2.22. The average molecular weight is 337 g/mol. The van der Waals surface area contributed by atoms with Crippen molar-refractivity contribution in [3.05, 3.63) is 17.5 Å². The van der Waals surface area contributed by atoms with Gasteiger partial charge in [0.25, 0.3) is 0 Å². The summed E-state index contributed by atoms with van der Waals surface area (Å²) in [5.41, 5.74) is 0. The summed E-state index contributed by atoms with van der Waals surface area (Å²) in [4.78, 5) is 4.36. The van der Waals surface area contributed by atoms with Crippen molar-refractivity contribution in [2.45, 2.75) is 69.0 Å². The number of hydrogen-bond donors (Lipinski definition) is 0. The van der Waals surface area contributed by atoms with E-state index in [0.29, 0.717) is 23.5 Å². The normalized spacial score (nSPS) is 17.5. The van der Waals surface area contributed by atoms with Crippen molar-refractivity contribution in [3.8, 4) is 0 Å². The van der Waals surface area contributed by atoms with Crippen molar-refractivity contribution in [1.82, 2.24) is 24.9 Å². The van der Waals surface area contributed by atoms with Gasteiger partial charge < -0.3 is 13.8 Å². The van der Waals surface area contributed by atoms with E-state index >= 15 is 0 Å². The van der Waals surface area contributed by atoms with E-state index in [-0.39, 0.29) is 6.10 Å². The third kappa shape index (κ3) is 3.74. The number of thioether (sulfide) groups is 1. The zero-order chi connectivity index (χ0) is 16.2. The van der Waals surface area contributed by atoms with Gasteiger partial charge in [-0.2, -0.15) is 4.98 Å². The highest BCUT2D eigenvalue weighted by atomic mass is 32.2. The van der Waals surface area contributed by atoms with Crippen LogP contribution in [0.3, 0.4) is 0 Å². The molecule has 126 valence electrons. The van der Waals surface area contributed by atoms with Crippen molar-refractivity contribution < 1.29 is 9.26 Å². The van der Waals surface area contributed by atoms with Gasteiger partial charge in [-0.3, -0.25) is 0 Å². The topological polar surface area (TPSA) is 78.9 Å². The number of aryl methyl sites for hydroxylation is 1. The van der Waals surface area contributed by atoms with Gasteiger partial charge in [-0.1, -0.05) is 36.2 Å². The highest BCUT2D eigenvalue weighted by molar-refractivity contribution is 7.98. The molecule has 0 aliphatic heterocycles. The second kappa shape index (κ2) is 7.44. The maximum atomic E-state index is 5.28. The van der Waals surface area contributed by atoms with E-state index in [9.17, 15) is 0 Å². The van der Waals surface area contributed by atoms with Crippen molar-refractivity contribution in [2.75, 3.05) is 7.11 Å². The second-order valence-corrected chi connectivity index (χ2v) is 6.85. The minimum atomic E-state index is -0.161. The fourth-order valence-electron chi connectivity index (χ4n) is 2.93. The molecule has 0 N–H and O–H groups in total. The van der Waals surface area contributed by atoms with Crippen LogP contribution in [0.25, 0.3) is 0 Å². The fourth-order valence-corrected chi connectivity index (χ4v) is 3.82. The first kappa shape index (κ1) is 16.4. The van der Waals surface area contributed by atoms with Gasteiger partial charge in [0.1, 0.15) is 11.9 Å². The number of rotatable bonds is 6. The lowest BCUT2D eigenvalue weighted by molar-refractivity contribution is 0.109. The standard InChI is InChI=1S/C15H23N5O2S/c1-10(21-3)14-16-13(22-19-14)9-23-15-18-17-11(2)20(15)12-7-5-4-6-8-12/h10,12H,4-9H2,1-3H3. The zero-order valence-corrected chi connectivity index (χ0v) is 14.7. The third-order valence-corrected chi connectivity index (χ3v) is 5.23. The van der Waals surface area contributed by atoms with Crippen LogP contribution in [0.4, 0.5) is 0 Å². The Morgan fingerprint density at radius 1 is 1.30 bits per heavy atom. The zero-order valence-electron chi connectivity index (χ0n) is 13.9. The molecule has 2 heterocycles. The molecule has 1 atom stereocenters. The minimum Gasteiger partial charge on any atom is -0.374 e. The predicted molar refractivity (Wildman–Crippen MR) is 86.2 cm³/mol. The van der Waals surface area contributed by atoms with E-state index in [4.69, 9.17) is 9.26 Å². The predicted octanol–water partition coefficient (Wildman–Crippen LogP) is 3.47. The van der Waals surface area contributed by atoms with Gasteiger partial charge in [-0.15, -0.1) is 10.2 Å². The van der Waals surface area contributed by atoms with Crippen molar-refractivity contribution >= 4 is 11.8 Å². The van der Waals surface area contributed by atoms with E-state index in [1.165, 1.54) is 32.1 Å². The Bertz CT molecular complexity index is 636. The quantitative estimate of drug-likeness (QED) is 0.747. The lowest BCUT2D eigenvalue weighted by Crippen LogP contribution is -2.15. The van der Waals surface area contributed by atoms with Crippen LogP contribution in [0.2, 0.25) is 0 Å². The minimum absolute atomic E-state index is 0.161. The smallest absolute Gasteiger partial charge is 0.237 e. The largest absolute Gasteiger partial charge is 0.374 e. The van der Waals surface area contributed by atoms with Crippen LogP contribution in [0, 0.1) is 6.92 Å². The highest BCUT2D eigenvalue weighted by Crippen LogP contribution is 2.33. The first-order valence-corrected chi connectivity index (χ1v) is 9.07. The molecule has 1 saturated carbocycles. The number of nitrogens with zero attached hydrogens (tertiary/aromatic N) is 5. The molecule has 0 saturated heterocycles. The maximum Gasteiger partial charge on any atom is 0.237 e. The molecule has 1 aliphatic rings. The lowest BCUT2D eigenvalue weighted by Gasteiger charge is -2.24. The molecular weight excluding hydrogens is 314 g/mol. The molecule has 7 nitrogen and oxygen atoms in total. The Morgan fingerprint density at radius 3 is 2.83 bits per heavy atom. The summed E-state index contributed by atoms with van der Waals surface area (Å²) < 4.78 is 12.8. The monoisotopic (exact) mass is 337 g/mol. The lowest BCUT2D eigenvalue weighted by atomic mass is 9.95. The number of methoxy groups -OCH3 is 1. The Labute approximate surface area is 140 Å². The molecule has 0 aromatic carbocycles. The molecule has 8 heteroatoms. The van der Waals surface area contributed by atoms with Crippen LogP contribution < -0.4 is 0 Å². The van der Waals surface area contributed by atoms with E-state index < -0.39 is 0 Å². The summed E-state index contributed by atoms with van der Waals surface area (Å²) in [7, 11) is 1.63. The van der Waals surface area contributed by atoms with Gasteiger partial charge in [0.2, 0.25) is 5.89 Å². The molecule has 3 rings (SSSR count). The summed E-state index contributed by atoms with van der Waals surface area (Å²) in [6, 6.07) is 0.521. The summed E-state index contributed by atoms with van der Waals surface area (Å²) in [5, 5.41) is 13.5. The Morgan fingerprint density at radius 2 is 2.09 bits per heavy atom. The first-order chi connectivity index (χ1) is 11.2. The van der Waals surface area contributed by atoms with Crippen LogP contribution in [0.1, 0.15) is 68.7 Å². The van der Waals surface area contributed by atoms with Gasteiger partial charge >= 0.3 is 0 Å². The summed E-state index contributed by atoms with van der Waals surface area (Å²) >= 11 is 1.60. The van der Waals surface area contributed by atoms with Gasteiger partial charge in [0.15, 0.2) is 11.0 Å². The van der Waals surface area contributed by atoms with E-state index in [2.05, 4.69) is 24.9 Å². The van der Waals surface area contributed by atoms with E-state index in [1.54, 1.807) is 18.9 Å². The maximum absolute atomic E-state index is 5.28. The van der Waals surface area contributed by atoms with E-state index in [0.717, 1.165) is 11.0 Å². The van der Waals surface area contributed by atoms with Crippen molar-refractivity contribution in [1.29, 1.82) is 0 Å². The molecule has 0 spiro atoms. The van der Waals surface area contributed by atoms with Crippen molar-refractivity contribution in [3.63, 3.8) is 0 Å². The van der Waals surface area contributed by atoms with E-state index in [1.807, 2.05) is 13.8 Å². The van der Waals surface area contributed by atoms with Gasteiger partial charge in [-0.05, 0) is 26.7 Å². The summed E-state index contributed by atoms with van der Waals surface area (Å²) in [6.45, 7) is 3.92. The first-order valence-electron chi connectivity index (χ1n) is 8.08.